The lowest BCUT2D eigenvalue weighted by Gasteiger charge is -2.10. The second-order valence-corrected chi connectivity index (χ2v) is 9.28. The Morgan fingerprint density at radius 3 is 2.92 bits per heavy atom. The van der Waals surface area contributed by atoms with Crippen LogP contribution in [0.3, 0.4) is 0 Å². The van der Waals surface area contributed by atoms with Gasteiger partial charge in [-0.3, -0.25) is 13.4 Å². The van der Waals surface area contributed by atoms with Crippen LogP contribution in [-0.4, -0.2) is 40.9 Å². The molecule has 0 spiro atoms. The van der Waals surface area contributed by atoms with Crippen molar-refractivity contribution in [3.63, 3.8) is 0 Å². The van der Waals surface area contributed by atoms with Crippen LogP contribution in [0, 0.1) is 18.3 Å². The van der Waals surface area contributed by atoms with Crippen molar-refractivity contribution in [3.05, 3.63) is 69.1 Å². The number of hydrogen-bond donors (Lipinski definition) is 2. The Morgan fingerprint density at radius 2 is 2.19 bits per heavy atom. The van der Waals surface area contributed by atoms with Crippen molar-refractivity contribution in [1.29, 1.82) is 5.26 Å². The van der Waals surface area contributed by atoms with Crippen molar-refractivity contribution < 1.29 is 18.2 Å². The quantitative estimate of drug-likeness (QED) is 0.255. The first-order chi connectivity index (χ1) is 17.3. The molecule has 0 saturated heterocycles. The highest BCUT2D eigenvalue weighted by Crippen LogP contribution is 2.26. The predicted octanol–water partition coefficient (Wildman–Crippen LogP) is 3.14. The molecule has 1 aromatic carbocycles. The van der Waals surface area contributed by atoms with Crippen LogP contribution in [0.5, 0.6) is 5.75 Å². The number of benzene rings is 1. The molecule has 0 aliphatic carbocycles. The van der Waals surface area contributed by atoms with E-state index in [1.165, 1.54) is 11.3 Å². The number of halogens is 2. The molecule has 7 nitrogen and oxygen atoms in total. The van der Waals surface area contributed by atoms with Crippen LogP contribution in [0.1, 0.15) is 34.8 Å². The van der Waals surface area contributed by atoms with Gasteiger partial charge in [-0.05, 0) is 67.8 Å². The molecule has 0 radical (unpaired) electrons. The van der Waals surface area contributed by atoms with Crippen LogP contribution < -0.4 is 20.8 Å². The van der Waals surface area contributed by atoms with Gasteiger partial charge in [0.2, 0.25) is 5.91 Å². The Morgan fingerprint density at radius 1 is 1.36 bits per heavy atom. The summed E-state index contributed by atoms with van der Waals surface area (Å²) in [6, 6.07) is 12.6. The lowest BCUT2D eigenvalue weighted by molar-refractivity contribution is -0.121. The largest absolute Gasteiger partial charge is 0.677 e. The number of nitrogens with zero attached hydrogens (tertiary/aromatic N) is 3. The van der Waals surface area contributed by atoms with Crippen LogP contribution in [0.4, 0.5) is 8.63 Å². The Kier molecular flexibility index (Phi) is 7.85. The number of ether oxygens (including phenoxy) is 1. The summed E-state index contributed by atoms with van der Waals surface area (Å²) in [7, 11) is -2.72. The first kappa shape index (κ1) is 25.2. The fraction of sp³-hybridized carbons (Fsp3) is 0.240. The van der Waals surface area contributed by atoms with Gasteiger partial charge in [0, 0.05) is 35.1 Å². The summed E-state index contributed by atoms with van der Waals surface area (Å²) in [5.74, 6) is 0.461. The van der Waals surface area contributed by atoms with Crippen molar-refractivity contribution in [2.75, 3.05) is 13.2 Å². The van der Waals surface area contributed by atoms with Crippen molar-refractivity contribution in [2.24, 2.45) is 0 Å². The molecule has 4 rings (SSSR count). The van der Waals surface area contributed by atoms with Crippen LogP contribution in [0.2, 0.25) is 0 Å². The molecule has 0 unspecified atom stereocenters. The molecule has 36 heavy (non-hydrogen) atoms. The van der Waals surface area contributed by atoms with Crippen LogP contribution >= 0.6 is 11.3 Å². The Labute approximate surface area is 210 Å². The summed E-state index contributed by atoms with van der Waals surface area (Å²) in [6.07, 6.45) is 2.55. The third kappa shape index (κ3) is 6.01. The average molecular weight is 507 g/mol. The van der Waals surface area contributed by atoms with Gasteiger partial charge in [0.05, 0.1) is 16.8 Å². The minimum absolute atomic E-state index is 0.102. The van der Waals surface area contributed by atoms with E-state index in [4.69, 9.17) is 10.00 Å². The molecule has 1 amide bonds. The normalized spacial score (nSPS) is 11.6. The maximum atomic E-state index is 13.8. The number of aromatic nitrogens is 3. The maximum Gasteiger partial charge on any atom is 0.677 e. The van der Waals surface area contributed by atoms with Crippen LogP contribution in [-0.2, 0) is 11.2 Å². The molecule has 0 saturated carbocycles. The molecule has 0 atom stereocenters. The van der Waals surface area contributed by atoms with Crippen molar-refractivity contribution >= 4 is 47.5 Å². The van der Waals surface area contributed by atoms with E-state index in [2.05, 4.69) is 21.9 Å². The minimum Gasteiger partial charge on any atom is -0.493 e. The molecule has 2 N–H and O–H groups in total. The molecule has 0 aliphatic rings. The lowest BCUT2D eigenvalue weighted by atomic mass is 10.1. The van der Waals surface area contributed by atoms with E-state index in [1.54, 1.807) is 30.3 Å². The van der Waals surface area contributed by atoms with Gasteiger partial charge < -0.3 is 19.5 Å². The standard InChI is InChI=1S/C25H24BF2N5O2S/c1-16-12-17(2)31-22(16)13-19-5-4-18(33(19)26(27)28)6-9-24(34)30-10-3-11-35-20-7-8-21-23(14-20)36-25(15-29)32-21/h4-5,7-8,12-14,31H,2-3,6,9-11H2,1H3,(H,30,34). The van der Waals surface area contributed by atoms with Crippen molar-refractivity contribution in [3.8, 4) is 11.8 Å². The van der Waals surface area contributed by atoms with E-state index in [0.29, 0.717) is 47.1 Å². The fourth-order valence-electron chi connectivity index (χ4n) is 3.87. The monoisotopic (exact) mass is 507 g/mol. The SMILES string of the molecule is C=c1cc(C)c(=Cc2ccc(CCC(=O)NCCCOc3ccc4nc(C#N)sc4c3)n2B(F)F)[nH]1. The van der Waals surface area contributed by atoms with Gasteiger partial charge in [0.1, 0.15) is 11.8 Å². The summed E-state index contributed by atoms with van der Waals surface area (Å²) in [4.78, 5) is 19.5. The lowest BCUT2D eigenvalue weighted by Crippen LogP contribution is -2.26. The van der Waals surface area contributed by atoms with Crippen LogP contribution in [0.15, 0.2) is 36.4 Å². The van der Waals surface area contributed by atoms with Crippen molar-refractivity contribution in [1.82, 2.24) is 19.8 Å². The zero-order valence-electron chi connectivity index (χ0n) is 19.7. The summed E-state index contributed by atoms with van der Waals surface area (Å²) >= 11 is 1.30. The number of carbonyl (C=O) groups is 1. The Hall–Kier alpha value is -3.91. The van der Waals surface area contributed by atoms with E-state index in [-0.39, 0.29) is 18.7 Å². The molecular weight excluding hydrogens is 483 g/mol. The molecule has 0 fully saturated rings. The number of thiazole rings is 1. The first-order valence-corrected chi connectivity index (χ1v) is 12.2. The Bertz CT molecular complexity index is 1540. The molecule has 184 valence electrons. The summed E-state index contributed by atoms with van der Waals surface area (Å²) in [5, 5.41) is 13.6. The van der Waals surface area contributed by atoms with E-state index in [1.807, 2.05) is 25.1 Å². The minimum atomic E-state index is -2.72. The zero-order valence-corrected chi connectivity index (χ0v) is 20.5. The van der Waals surface area contributed by atoms with E-state index in [9.17, 15) is 13.4 Å². The van der Waals surface area contributed by atoms with Crippen molar-refractivity contribution in [2.45, 2.75) is 26.2 Å². The fourth-order valence-corrected chi connectivity index (χ4v) is 4.67. The summed E-state index contributed by atoms with van der Waals surface area (Å²) in [5.41, 5.74) is 2.43. The van der Waals surface area contributed by atoms with Gasteiger partial charge >= 0.3 is 7.40 Å². The van der Waals surface area contributed by atoms with Gasteiger partial charge in [-0.25, -0.2) is 4.98 Å². The number of nitriles is 1. The second kappa shape index (κ2) is 11.2. The zero-order chi connectivity index (χ0) is 25.7. The summed E-state index contributed by atoms with van der Waals surface area (Å²) < 4.78 is 35.1. The number of H-pyrrole nitrogens is 1. The number of nitrogens with one attached hydrogen (secondary N) is 2. The predicted molar refractivity (Wildman–Crippen MR) is 137 cm³/mol. The number of aromatic amines is 1. The number of carbonyl (C=O) groups excluding carboxylic acids is 1. The Balaban J connectivity index is 1.25. The molecule has 3 heterocycles. The first-order valence-electron chi connectivity index (χ1n) is 11.4. The number of amides is 1. The highest BCUT2D eigenvalue weighted by molar-refractivity contribution is 7.19. The molecule has 3 aromatic heterocycles. The molecular formula is C25H24BF2N5O2S. The molecule has 11 heteroatoms. The van der Waals surface area contributed by atoms with Gasteiger partial charge in [-0.2, -0.15) is 5.26 Å². The molecule has 0 bridgehead atoms. The maximum absolute atomic E-state index is 13.8. The second-order valence-electron chi connectivity index (χ2n) is 8.25. The number of hydrogen-bond acceptors (Lipinski definition) is 5. The average Bonchev–Trinajstić information content (AvgIpc) is 3.53. The van der Waals surface area contributed by atoms with Crippen LogP contribution in [0.25, 0.3) is 22.9 Å². The van der Waals surface area contributed by atoms with E-state index < -0.39 is 7.40 Å². The van der Waals surface area contributed by atoms with E-state index in [0.717, 1.165) is 25.6 Å². The van der Waals surface area contributed by atoms with Gasteiger partial charge in [0.25, 0.3) is 0 Å². The highest BCUT2D eigenvalue weighted by Gasteiger charge is 2.23. The third-order valence-electron chi connectivity index (χ3n) is 5.61. The third-order valence-corrected chi connectivity index (χ3v) is 6.53. The topological polar surface area (TPSA) is 95.7 Å². The number of aryl methyl sites for hydroxylation is 2. The molecule has 4 aromatic rings. The molecule has 0 aliphatic heterocycles. The van der Waals surface area contributed by atoms with E-state index >= 15 is 0 Å². The number of rotatable bonds is 10. The van der Waals surface area contributed by atoms with Gasteiger partial charge in [-0.1, -0.05) is 6.58 Å². The highest BCUT2D eigenvalue weighted by atomic mass is 32.1. The number of fused-ring (bicyclic) bond motifs is 1. The summed E-state index contributed by atoms with van der Waals surface area (Å²) in [6.45, 7) is 6.52. The van der Waals surface area contributed by atoms with Gasteiger partial charge in [0.15, 0.2) is 5.01 Å². The van der Waals surface area contributed by atoms with Gasteiger partial charge in [-0.15, -0.1) is 11.3 Å². The smallest absolute Gasteiger partial charge is 0.493 e.